The number of benzene rings is 1. The first-order chi connectivity index (χ1) is 8.00. The number of aromatic amines is 1. The summed E-state index contributed by atoms with van der Waals surface area (Å²) in [5.41, 5.74) is 7.81. The lowest BCUT2D eigenvalue weighted by molar-refractivity contribution is 0.599. The fraction of sp³-hybridized carbons (Fsp3) is 0.250. The summed E-state index contributed by atoms with van der Waals surface area (Å²) in [7, 11) is 0. The van der Waals surface area contributed by atoms with E-state index in [0.29, 0.717) is 11.4 Å². The van der Waals surface area contributed by atoms with E-state index in [9.17, 15) is 4.39 Å². The predicted octanol–water partition coefficient (Wildman–Crippen LogP) is 3.57. The summed E-state index contributed by atoms with van der Waals surface area (Å²) in [6.07, 6.45) is 1.60. The van der Waals surface area contributed by atoms with Crippen LogP contribution in [0.1, 0.15) is 25.3 Å². The molecule has 2 aromatic rings. The van der Waals surface area contributed by atoms with Crippen molar-refractivity contribution in [2.24, 2.45) is 0 Å². The summed E-state index contributed by atoms with van der Waals surface area (Å²) < 4.78 is 13.8. The number of anilines is 1. The number of halogens is 2. The van der Waals surface area contributed by atoms with Gasteiger partial charge in [0.1, 0.15) is 11.6 Å². The van der Waals surface area contributed by atoms with Crippen LogP contribution in [0.25, 0.3) is 11.1 Å². The van der Waals surface area contributed by atoms with Crippen molar-refractivity contribution in [2.75, 3.05) is 5.73 Å². The van der Waals surface area contributed by atoms with E-state index in [1.165, 1.54) is 0 Å². The Balaban J connectivity index is 2.61. The molecule has 5 heteroatoms. The monoisotopic (exact) mass is 253 g/mol. The smallest absolute Gasteiger partial charge is 0.145 e. The third-order valence-corrected chi connectivity index (χ3v) is 2.93. The van der Waals surface area contributed by atoms with Gasteiger partial charge in [-0.05, 0) is 29.2 Å². The van der Waals surface area contributed by atoms with Gasteiger partial charge in [0.15, 0.2) is 0 Å². The van der Waals surface area contributed by atoms with Crippen LogP contribution in [0.4, 0.5) is 10.2 Å². The summed E-state index contributed by atoms with van der Waals surface area (Å²) in [4.78, 5) is 0. The first-order valence-corrected chi connectivity index (χ1v) is 5.66. The maximum Gasteiger partial charge on any atom is 0.145 e. The highest BCUT2D eigenvalue weighted by molar-refractivity contribution is 6.31. The van der Waals surface area contributed by atoms with Gasteiger partial charge >= 0.3 is 0 Å². The molecule has 1 heterocycles. The second-order valence-corrected chi connectivity index (χ2v) is 4.62. The SMILES string of the molecule is CC(C)c1cc(-c2cn[nH]c2N)cc(Cl)c1F. The number of hydrogen-bond acceptors (Lipinski definition) is 2. The molecular weight excluding hydrogens is 241 g/mol. The van der Waals surface area contributed by atoms with Crippen LogP contribution in [0.2, 0.25) is 5.02 Å². The lowest BCUT2D eigenvalue weighted by atomic mass is 9.98. The molecule has 0 bridgehead atoms. The summed E-state index contributed by atoms with van der Waals surface area (Å²) >= 11 is 5.89. The van der Waals surface area contributed by atoms with E-state index in [1.807, 2.05) is 13.8 Å². The Morgan fingerprint density at radius 2 is 2.12 bits per heavy atom. The van der Waals surface area contributed by atoms with Gasteiger partial charge in [-0.15, -0.1) is 0 Å². The molecule has 0 saturated heterocycles. The van der Waals surface area contributed by atoms with Crippen molar-refractivity contribution in [1.29, 1.82) is 0 Å². The topological polar surface area (TPSA) is 54.7 Å². The predicted molar refractivity (Wildman–Crippen MR) is 67.5 cm³/mol. The molecule has 0 unspecified atom stereocenters. The molecular formula is C12H13ClFN3. The molecule has 17 heavy (non-hydrogen) atoms. The molecule has 3 N–H and O–H groups in total. The number of rotatable bonds is 2. The van der Waals surface area contributed by atoms with E-state index in [0.717, 1.165) is 11.1 Å². The summed E-state index contributed by atoms with van der Waals surface area (Å²) in [5.74, 6) is 0.135. The minimum absolute atomic E-state index is 0.0561. The molecule has 0 aliphatic carbocycles. The molecule has 0 aliphatic rings. The number of nitrogen functional groups attached to an aromatic ring is 1. The van der Waals surface area contributed by atoms with Crippen LogP contribution in [0, 0.1) is 5.82 Å². The molecule has 3 nitrogen and oxygen atoms in total. The fourth-order valence-electron chi connectivity index (χ4n) is 1.71. The highest BCUT2D eigenvalue weighted by Crippen LogP contribution is 2.32. The van der Waals surface area contributed by atoms with Gasteiger partial charge in [0.2, 0.25) is 0 Å². The number of nitrogens with one attached hydrogen (secondary N) is 1. The van der Waals surface area contributed by atoms with Crippen molar-refractivity contribution < 1.29 is 4.39 Å². The zero-order valence-electron chi connectivity index (χ0n) is 9.59. The van der Waals surface area contributed by atoms with Gasteiger partial charge in [0.05, 0.1) is 11.2 Å². The van der Waals surface area contributed by atoms with Crippen molar-refractivity contribution in [3.05, 3.63) is 34.7 Å². The van der Waals surface area contributed by atoms with Crippen LogP contribution in [0.5, 0.6) is 0 Å². The molecule has 0 fully saturated rings. The molecule has 0 saturated carbocycles. The Kier molecular flexibility index (Phi) is 3.07. The third kappa shape index (κ3) is 2.13. The Morgan fingerprint density at radius 1 is 1.41 bits per heavy atom. The quantitative estimate of drug-likeness (QED) is 0.860. The lowest BCUT2D eigenvalue weighted by Crippen LogP contribution is -1.96. The highest BCUT2D eigenvalue weighted by atomic mass is 35.5. The van der Waals surface area contributed by atoms with Gasteiger partial charge in [-0.2, -0.15) is 5.10 Å². The molecule has 1 aromatic heterocycles. The number of H-pyrrole nitrogens is 1. The normalized spacial score (nSPS) is 11.1. The zero-order valence-corrected chi connectivity index (χ0v) is 10.3. The Bertz CT molecular complexity index is 549. The van der Waals surface area contributed by atoms with Gasteiger partial charge < -0.3 is 5.73 Å². The van der Waals surface area contributed by atoms with Gasteiger partial charge in [-0.25, -0.2) is 4.39 Å². The second-order valence-electron chi connectivity index (χ2n) is 4.21. The van der Waals surface area contributed by atoms with Crippen molar-refractivity contribution in [1.82, 2.24) is 10.2 Å². The Morgan fingerprint density at radius 3 is 2.65 bits per heavy atom. The van der Waals surface area contributed by atoms with Crippen LogP contribution in [0.3, 0.4) is 0 Å². The van der Waals surface area contributed by atoms with Gasteiger partial charge in [-0.3, -0.25) is 5.10 Å². The number of nitrogens with zero attached hydrogens (tertiary/aromatic N) is 1. The van der Waals surface area contributed by atoms with Gasteiger partial charge in [0.25, 0.3) is 0 Å². The number of aromatic nitrogens is 2. The fourth-order valence-corrected chi connectivity index (χ4v) is 1.94. The van der Waals surface area contributed by atoms with Crippen LogP contribution in [0.15, 0.2) is 18.3 Å². The molecule has 0 aliphatic heterocycles. The molecule has 0 spiro atoms. The third-order valence-electron chi connectivity index (χ3n) is 2.66. The van der Waals surface area contributed by atoms with E-state index in [4.69, 9.17) is 17.3 Å². The molecule has 90 valence electrons. The molecule has 1 aromatic carbocycles. The Hall–Kier alpha value is -1.55. The summed E-state index contributed by atoms with van der Waals surface area (Å²) in [5, 5.41) is 6.58. The number of hydrogen-bond donors (Lipinski definition) is 2. The molecule has 0 radical (unpaired) electrons. The molecule has 0 atom stereocenters. The minimum atomic E-state index is -0.368. The largest absolute Gasteiger partial charge is 0.384 e. The van der Waals surface area contributed by atoms with Crippen molar-refractivity contribution >= 4 is 17.4 Å². The van der Waals surface area contributed by atoms with E-state index < -0.39 is 0 Å². The van der Waals surface area contributed by atoms with Crippen LogP contribution in [-0.4, -0.2) is 10.2 Å². The van der Waals surface area contributed by atoms with Crippen LogP contribution < -0.4 is 5.73 Å². The maximum absolute atomic E-state index is 13.8. The first-order valence-electron chi connectivity index (χ1n) is 5.29. The number of nitrogens with two attached hydrogens (primary N) is 1. The highest BCUT2D eigenvalue weighted by Gasteiger charge is 2.14. The lowest BCUT2D eigenvalue weighted by Gasteiger charge is -2.11. The average Bonchev–Trinajstić information content (AvgIpc) is 2.68. The van der Waals surface area contributed by atoms with E-state index in [2.05, 4.69) is 10.2 Å². The minimum Gasteiger partial charge on any atom is -0.384 e. The molecule has 2 rings (SSSR count). The standard InChI is InChI=1S/C12H13ClFN3/c1-6(2)8-3-7(4-10(13)11(8)14)9-5-16-17-12(9)15/h3-6H,1-2H3,(H3,15,16,17). The van der Waals surface area contributed by atoms with Crippen molar-refractivity contribution in [2.45, 2.75) is 19.8 Å². The van der Waals surface area contributed by atoms with Crippen LogP contribution >= 0.6 is 11.6 Å². The van der Waals surface area contributed by atoms with E-state index in [1.54, 1.807) is 18.3 Å². The van der Waals surface area contributed by atoms with Crippen LogP contribution in [-0.2, 0) is 0 Å². The Labute approximate surface area is 104 Å². The van der Waals surface area contributed by atoms with Gasteiger partial charge in [0, 0.05) is 5.56 Å². The van der Waals surface area contributed by atoms with Crippen molar-refractivity contribution in [3.63, 3.8) is 0 Å². The molecule has 0 amide bonds. The zero-order chi connectivity index (χ0) is 12.6. The maximum atomic E-state index is 13.8. The van der Waals surface area contributed by atoms with Gasteiger partial charge in [-0.1, -0.05) is 25.4 Å². The van der Waals surface area contributed by atoms with Crippen molar-refractivity contribution in [3.8, 4) is 11.1 Å². The average molecular weight is 254 g/mol. The van der Waals surface area contributed by atoms with E-state index >= 15 is 0 Å². The summed E-state index contributed by atoms with van der Waals surface area (Å²) in [6, 6.07) is 3.32. The first kappa shape index (κ1) is 11.9. The summed E-state index contributed by atoms with van der Waals surface area (Å²) in [6.45, 7) is 3.83. The van der Waals surface area contributed by atoms with E-state index in [-0.39, 0.29) is 16.8 Å². The second kappa shape index (κ2) is 4.37.